The van der Waals surface area contributed by atoms with E-state index in [1.807, 2.05) is 18.3 Å². The molecule has 112 valence electrons. The van der Waals surface area contributed by atoms with Gasteiger partial charge in [0.1, 0.15) is 17.3 Å². The fourth-order valence-corrected chi connectivity index (χ4v) is 2.39. The molecular formula is C15H10BrF2N3O. The molecule has 0 unspecified atom stereocenters. The van der Waals surface area contributed by atoms with Crippen LogP contribution in [-0.2, 0) is 6.54 Å². The lowest BCUT2D eigenvalue weighted by Crippen LogP contribution is -2.24. The van der Waals surface area contributed by atoms with Crippen molar-refractivity contribution in [1.29, 1.82) is 0 Å². The van der Waals surface area contributed by atoms with Gasteiger partial charge in [-0.05, 0) is 46.3 Å². The van der Waals surface area contributed by atoms with Gasteiger partial charge in [0.05, 0.1) is 17.8 Å². The van der Waals surface area contributed by atoms with Crippen molar-refractivity contribution in [2.24, 2.45) is 0 Å². The standard InChI is InChI=1S/C15H10BrF2N3O/c16-9-1-4-14-20-11(8-21(14)7-9)6-19-15(22)12-5-10(17)2-3-13(12)18/h1-5,7-8H,6H2,(H,19,22). The van der Waals surface area contributed by atoms with Crippen LogP contribution in [0.3, 0.4) is 0 Å². The highest BCUT2D eigenvalue weighted by Crippen LogP contribution is 2.13. The van der Waals surface area contributed by atoms with E-state index in [9.17, 15) is 13.6 Å². The van der Waals surface area contributed by atoms with Crippen LogP contribution in [0.15, 0.2) is 47.2 Å². The van der Waals surface area contributed by atoms with Crippen LogP contribution in [0.25, 0.3) is 5.65 Å². The monoisotopic (exact) mass is 365 g/mol. The van der Waals surface area contributed by atoms with Crippen molar-refractivity contribution in [2.75, 3.05) is 0 Å². The van der Waals surface area contributed by atoms with Gasteiger partial charge in [0.2, 0.25) is 0 Å². The molecule has 0 spiro atoms. The van der Waals surface area contributed by atoms with Crippen molar-refractivity contribution in [3.63, 3.8) is 0 Å². The van der Waals surface area contributed by atoms with Gasteiger partial charge in [-0.25, -0.2) is 13.8 Å². The van der Waals surface area contributed by atoms with Crippen molar-refractivity contribution in [1.82, 2.24) is 14.7 Å². The van der Waals surface area contributed by atoms with Crippen molar-refractivity contribution in [3.05, 3.63) is 70.1 Å². The highest BCUT2D eigenvalue weighted by molar-refractivity contribution is 9.10. The number of halogens is 3. The summed E-state index contributed by atoms with van der Waals surface area (Å²) in [5.41, 5.74) is 1.01. The van der Waals surface area contributed by atoms with Gasteiger partial charge in [-0.15, -0.1) is 0 Å². The van der Waals surface area contributed by atoms with Crippen molar-refractivity contribution < 1.29 is 13.6 Å². The van der Waals surface area contributed by atoms with E-state index < -0.39 is 17.5 Å². The lowest BCUT2D eigenvalue weighted by atomic mass is 10.2. The van der Waals surface area contributed by atoms with E-state index in [2.05, 4.69) is 26.2 Å². The number of nitrogens with zero attached hydrogens (tertiary/aromatic N) is 2. The Morgan fingerprint density at radius 2 is 2.05 bits per heavy atom. The number of benzene rings is 1. The molecule has 0 aliphatic heterocycles. The number of carbonyl (C=O) groups is 1. The first-order chi connectivity index (χ1) is 10.5. The van der Waals surface area contributed by atoms with Gasteiger partial charge in [0.25, 0.3) is 5.91 Å². The second-order valence-electron chi connectivity index (χ2n) is 4.65. The van der Waals surface area contributed by atoms with E-state index in [0.29, 0.717) is 5.69 Å². The number of fused-ring (bicyclic) bond motifs is 1. The summed E-state index contributed by atoms with van der Waals surface area (Å²) in [6, 6.07) is 6.43. The normalized spacial score (nSPS) is 10.9. The summed E-state index contributed by atoms with van der Waals surface area (Å²) < 4.78 is 29.3. The molecule has 4 nitrogen and oxygen atoms in total. The largest absolute Gasteiger partial charge is 0.346 e. The fourth-order valence-electron chi connectivity index (χ4n) is 2.04. The minimum Gasteiger partial charge on any atom is -0.346 e. The second-order valence-corrected chi connectivity index (χ2v) is 5.57. The Morgan fingerprint density at radius 3 is 2.86 bits per heavy atom. The van der Waals surface area contributed by atoms with Gasteiger partial charge in [-0.2, -0.15) is 0 Å². The highest BCUT2D eigenvalue weighted by atomic mass is 79.9. The number of amides is 1. The second kappa shape index (κ2) is 5.84. The minimum absolute atomic E-state index is 0.119. The maximum Gasteiger partial charge on any atom is 0.254 e. The van der Waals surface area contributed by atoms with Crippen LogP contribution < -0.4 is 5.32 Å². The van der Waals surface area contributed by atoms with Crippen LogP contribution in [0.4, 0.5) is 8.78 Å². The smallest absolute Gasteiger partial charge is 0.254 e. The van der Waals surface area contributed by atoms with E-state index in [4.69, 9.17) is 0 Å². The number of nitrogens with one attached hydrogen (secondary N) is 1. The molecule has 0 saturated carbocycles. The fraction of sp³-hybridized carbons (Fsp3) is 0.0667. The molecule has 1 N–H and O–H groups in total. The van der Waals surface area contributed by atoms with E-state index in [0.717, 1.165) is 28.3 Å². The van der Waals surface area contributed by atoms with Crippen molar-refractivity contribution in [2.45, 2.75) is 6.54 Å². The molecule has 3 aromatic rings. The highest BCUT2D eigenvalue weighted by Gasteiger charge is 2.13. The SMILES string of the molecule is O=C(NCc1cn2cc(Br)ccc2n1)c1cc(F)ccc1F. The molecule has 1 aromatic carbocycles. The number of imidazole rings is 1. The molecule has 0 aliphatic rings. The number of hydrogen-bond acceptors (Lipinski definition) is 2. The summed E-state index contributed by atoms with van der Waals surface area (Å²) in [6.45, 7) is 0.119. The molecule has 7 heteroatoms. The molecule has 2 heterocycles. The number of pyridine rings is 1. The van der Waals surface area contributed by atoms with Gasteiger partial charge in [-0.3, -0.25) is 4.79 Å². The molecule has 2 aromatic heterocycles. The molecule has 22 heavy (non-hydrogen) atoms. The topological polar surface area (TPSA) is 46.4 Å². The maximum absolute atomic E-state index is 13.5. The lowest BCUT2D eigenvalue weighted by Gasteiger charge is -2.04. The van der Waals surface area contributed by atoms with Gasteiger partial charge in [0.15, 0.2) is 0 Å². The van der Waals surface area contributed by atoms with Crippen LogP contribution in [0.2, 0.25) is 0 Å². The molecule has 0 saturated heterocycles. The van der Waals surface area contributed by atoms with Crippen molar-refractivity contribution in [3.8, 4) is 0 Å². The summed E-state index contributed by atoms with van der Waals surface area (Å²) in [6.07, 6.45) is 3.59. The molecule has 0 aliphatic carbocycles. The van der Waals surface area contributed by atoms with Gasteiger partial charge in [-0.1, -0.05) is 0 Å². The first-order valence-electron chi connectivity index (χ1n) is 6.39. The van der Waals surface area contributed by atoms with Crippen LogP contribution in [0.5, 0.6) is 0 Å². The van der Waals surface area contributed by atoms with Crippen LogP contribution in [0.1, 0.15) is 16.1 Å². The van der Waals surface area contributed by atoms with E-state index >= 15 is 0 Å². The zero-order valence-corrected chi connectivity index (χ0v) is 12.8. The van der Waals surface area contributed by atoms with Crippen LogP contribution in [0, 0.1) is 11.6 Å². The summed E-state index contributed by atoms with van der Waals surface area (Å²) >= 11 is 3.35. The molecular weight excluding hydrogens is 356 g/mol. The first-order valence-corrected chi connectivity index (χ1v) is 7.18. The van der Waals surface area contributed by atoms with Crippen LogP contribution in [-0.4, -0.2) is 15.3 Å². The number of hydrogen-bond donors (Lipinski definition) is 1. The summed E-state index contributed by atoms with van der Waals surface area (Å²) in [5, 5.41) is 2.53. The Morgan fingerprint density at radius 1 is 1.23 bits per heavy atom. The Balaban J connectivity index is 1.75. The number of carbonyl (C=O) groups excluding carboxylic acids is 1. The number of rotatable bonds is 3. The Bertz CT molecular complexity index is 863. The van der Waals surface area contributed by atoms with Gasteiger partial charge in [0, 0.05) is 16.9 Å². The summed E-state index contributed by atoms with van der Waals surface area (Å²) in [4.78, 5) is 16.2. The summed E-state index contributed by atoms with van der Waals surface area (Å²) in [5.74, 6) is -2.11. The summed E-state index contributed by atoms with van der Waals surface area (Å²) in [7, 11) is 0. The quantitative estimate of drug-likeness (QED) is 0.773. The van der Waals surface area contributed by atoms with E-state index in [-0.39, 0.29) is 12.1 Å². The minimum atomic E-state index is -0.766. The molecule has 1 amide bonds. The lowest BCUT2D eigenvalue weighted by molar-refractivity contribution is 0.0946. The number of aromatic nitrogens is 2. The molecule has 0 radical (unpaired) electrons. The zero-order valence-electron chi connectivity index (χ0n) is 11.2. The molecule has 0 fully saturated rings. The molecule has 0 atom stereocenters. The van der Waals surface area contributed by atoms with Crippen molar-refractivity contribution >= 4 is 27.5 Å². The zero-order chi connectivity index (χ0) is 15.7. The Labute approximate surface area is 132 Å². The third-order valence-electron chi connectivity index (χ3n) is 3.07. The average Bonchev–Trinajstić information content (AvgIpc) is 2.89. The Hall–Kier alpha value is -2.28. The maximum atomic E-state index is 13.5. The van der Waals surface area contributed by atoms with Crippen LogP contribution >= 0.6 is 15.9 Å². The predicted octanol–water partition coefficient (Wildman–Crippen LogP) is 3.31. The first kappa shape index (κ1) is 14.6. The molecule has 3 rings (SSSR count). The third kappa shape index (κ3) is 2.99. The molecule has 0 bridgehead atoms. The van der Waals surface area contributed by atoms with Gasteiger partial charge >= 0.3 is 0 Å². The Kier molecular flexibility index (Phi) is 3.89. The average molecular weight is 366 g/mol. The van der Waals surface area contributed by atoms with Gasteiger partial charge < -0.3 is 9.72 Å². The third-order valence-corrected chi connectivity index (χ3v) is 3.54. The van der Waals surface area contributed by atoms with E-state index in [1.54, 1.807) is 10.6 Å². The van der Waals surface area contributed by atoms with E-state index in [1.165, 1.54) is 0 Å². The predicted molar refractivity (Wildman–Crippen MR) is 80.4 cm³/mol.